The van der Waals surface area contributed by atoms with Crippen molar-refractivity contribution in [2.75, 3.05) is 18.1 Å². The number of hydrogen-bond donors (Lipinski definition) is 1. The van der Waals surface area contributed by atoms with Crippen LogP contribution in [0.15, 0.2) is 18.2 Å². The third-order valence-corrected chi connectivity index (χ3v) is 3.70. The normalized spacial score (nSPS) is 19.6. The SMILES string of the molecule is O=[N+]([O-])c1cc(I)ccc1N1CCCC1CO. The van der Waals surface area contributed by atoms with Crippen molar-refractivity contribution < 1.29 is 10.0 Å². The summed E-state index contributed by atoms with van der Waals surface area (Å²) < 4.78 is 0.845. The van der Waals surface area contributed by atoms with E-state index < -0.39 is 0 Å². The largest absolute Gasteiger partial charge is 0.394 e. The minimum atomic E-state index is -0.357. The van der Waals surface area contributed by atoms with Gasteiger partial charge < -0.3 is 10.0 Å². The van der Waals surface area contributed by atoms with Crippen LogP contribution in [0.5, 0.6) is 0 Å². The number of anilines is 1. The lowest BCUT2D eigenvalue weighted by atomic mass is 10.2. The van der Waals surface area contributed by atoms with Crippen LogP contribution in [0.4, 0.5) is 11.4 Å². The Bertz CT molecular complexity index is 439. The molecule has 1 aromatic carbocycles. The van der Waals surface area contributed by atoms with Crippen LogP contribution >= 0.6 is 22.6 Å². The molecule has 2 rings (SSSR count). The molecule has 0 spiro atoms. The molecule has 17 heavy (non-hydrogen) atoms. The molecule has 1 aliphatic heterocycles. The molecule has 1 unspecified atom stereocenters. The summed E-state index contributed by atoms with van der Waals surface area (Å²) in [5.74, 6) is 0. The number of aliphatic hydroxyl groups excluding tert-OH is 1. The summed E-state index contributed by atoms with van der Waals surface area (Å²) in [6.07, 6.45) is 1.86. The summed E-state index contributed by atoms with van der Waals surface area (Å²) in [6.45, 7) is 0.815. The predicted octanol–water partition coefficient (Wildman–Crippen LogP) is 2.16. The van der Waals surface area contributed by atoms with Gasteiger partial charge >= 0.3 is 0 Å². The maximum atomic E-state index is 11.0. The second-order valence-corrected chi connectivity index (χ2v) is 5.31. The highest BCUT2D eigenvalue weighted by Gasteiger charge is 2.29. The summed E-state index contributed by atoms with van der Waals surface area (Å²) in [4.78, 5) is 12.6. The molecule has 6 heteroatoms. The number of nitro groups is 1. The molecular weight excluding hydrogens is 335 g/mol. The zero-order valence-corrected chi connectivity index (χ0v) is 11.3. The predicted molar refractivity (Wildman–Crippen MR) is 73.3 cm³/mol. The van der Waals surface area contributed by atoms with Crippen LogP contribution in [0, 0.1) is 13.7 Å². The van der Waals surface area contributed by atoms with E-state index in [0.717, 1.165) is 23.0 Å². The van der Waals surface area contributed by atoms with E-state index in [1.807, 2.05) is 11.0 Å². The van der Waals surface area contributed by atoms with Gasteiger partial charge in [-0.15, -0.1) is 0 Å². The molecule has 1 fully saturated rings. The van der Waals surface area contributed by atoms with Crippen LogP contribution in [0.2, 0.25) is 0 Å². The number of nitrogens with zero attached hydrogens (tertiary/aromatic N) is 2. The Kier molecular flexibility index (Phi) is 3.82. The van der Waals surface area contributed by atoms with Crippen molar-refractivity contribution in [2.24, 2.45) is 0 Å². The molecule has 5 nitrogen and oxygen atoms in total. The van der Waals surface area contributed by atoms with Gasteiger partial charge in [0, 0.05) is 16.2 Å². The number of rotatable bonds is 3. The van der Waals surface area contributed by atoms with Crippen molar-refractivity contribution in [2.45, 2.75) is 18.9 Å². The number of benzene rings is 1. The first-order chi connectivity index (χ1) is 8.13. The number of halogens is 1. The Morgan fingerprint density at radius 2 is 2.35 bits per heavy atom. The van der Waals surface area contributed by atoms with Crippen LogP contribution in [0.25, 0.3) is 0 Å². The fourth-order valence-corrected chi connectivity index (χ4v) is 2.70. The second-order valence-electron chi connectivity index (χ2n) is 4.06. The van der Waals surface area contributed by atoms with Gasteiger partial charge in [0.25, 0.3) is 5.69 Å². The molecule has 1 saturated heterocycles. The average molecular weight is 348 g/mol. The van der Waals surface area contributed by atoms with Crippen molar-refractivity contribution in [3.05, 3.63) is 31.9 Å². The highest BCUT2D eigenvalue weighted by molar-refractivity contribution is 14.1. The van der Waals surface area contributed by atoms with Gasteiger partial charge in [-0.3, -0.25) is 10.1 Å². The van der Waals surface area contributed by atoms with Crippen LogP contribution in [0.3, 0.4) is 0 Å². The molecule has 1 N–H and O–H groups in total. The first-order valence-corrected chi connectivity index (χ1v) is 6.53. The van der Waals surface area contributed by atoms with E-state index in [9.17, 15) is 15.2 Å². The minimum absolute atomic E-state index is 0.00811. The molecular formula is C11H13IN2O3. The van der Waals surface area contributed by atoms with Crippen molar-refractivity contribution in [3.63, 3.8) is 0 Å². The molecule has 0 aromatic heterocycles. The summed E-state index contributed by atoms with van der Waals surface area (Å²) in [5.41, 5.74) is 0.740. The Morgan fingerprint density at radius 3 is 3.00 bits per heavy atom. The average Bonchev–Trinajstić information content (AvgIpc) is 2.76. The number of nitro benzene ring substituents is 1. The van der Waals surface area contributed by atoms with Gasteiger partial charge in [0.1, 0.15) is 5.69 Å². The third-order valence-electron chi connectivity index (χ3n) is 3.03. The Hall–Kier alpha value is -0.890. The molecule has 0 radical (unpaired) electrons. The van der Waals surface area contributed by atoms with E-state index in [1.54, 1.807) is 12.1 Å². The van der Waals surface area contributed by atoms with E-state index in [2.05, 4.69) is 22.6 Å². The van der Waals surface area contributed by atoms with E-state index in [4.69, 9.17) is 0 Å². The highest BCUT2D eigenvalue weighted by Crippen LogP contribution is 2.34. The van der Waals surface area contributed by atoms with E-state index in [-0.39, 0.29) is 23.3 Å². The third kappa shape index (κ3) is 2.52. The molecule has 0 saturated carbocycles. The Morgan fingerprint density at radius 1 is 1.59 bits per heavy atom. The molecule has 1 aromatic rings. The summed E-state index contributed by atoms with van der Waals surface area (Å²) in [6, 6.07) is 5.21. The van der Waals surface area contributed by atoms with Crippen molar-refractivity contribution in [3.8, 4) is 0 Å². The maximum Gasteiger partial charge on any atom is 0.293 e. The Balaban J connectivity index is 2.40. The van der Waals surface area contributed by atoms with Gasteiger partial charge in [-0.1, -0.05) is 0 Å². The molecule has 0 amide bonds. The topological polar surface area (TPSA) is 66.6 Å². The monoisotopic (exact) mass is 348 g/mol. The molecule has 0 aliphatic carbocycles. The summed E-state index contributed by atoms with van der Waals surface area (Å²) in [7, 11) is 0. The van der Waals surface area contributed by atoms with E-state index in [1.165, 1.54) is 0 Å². The smallest absolute Gasteiger partial charge is 0.293 e. The van der Waals surface area contributed by atoms with Gasteiger partial charge in [0.15, 0.2) is 0 Å². The van der Waals surface area contributed by atoms with Gasteiger partial charge in [0.05, 0.1) is 17.6 Å². The van der Waals surface area contributed by atoms with Gasteiger partial charge in [0.2, 0.25) is 0 Å². The van der Waals surface area contributed by atoms with Crippen LogP contribution in [-0.4, -0.2) is 29.2 Å². The second kappa shape index (κ2) is 5.18. The zero-order chi connectivity index (χ0) is 12.4. The first-order valence-electron chi connectivity index (χ1n) is 5.45. The molecule has 1 heterocycles. The number of hydrogen-bond acceptors (Lipinski definition) is 4. The summed E-state index contributed by atoms with van der Waals surface area (Å²) in [5, 5.41) is 20.3. The fraction of sp³-hybridized carbons (Fsp3) is 0.455. The fourth-order valence-electron chi connectivity index (χ4n) is 2.23. The van der Waals surface area contributed by atoms with Crippen molar-refractivity contribution in [1.82, 2.24) is 0 Å². The van der Waals surface area contributed by atoms with Crippen LogP contribution in [0.1, 0.15) is 12.8 Å². The van der Waals surface area contributed by atoms with Crippen molar-refractivity contribution >= 4 is 34.0 Å². The summed E-state index contributed by atoms with van der Waals surface area (Å²) >= 11 is 2.06. The number of aliphatic hydroxyl groups is 1. The standard InChI is InChI=1S/C11H13IN2O3/c12-8-3-4-10(11(6-8)14(16)17)13-5-1-2-9(13)7-15/h3-4,6,9,15H,1-2,5,7H2. The van der Waals surface area contributed by atoms with Crippen LogP contribution < -0.4 is 4.90 Å². The first kappa shape index (κ1) is 12.6. The molecule has 1 atom stereocenters. The minimum Gasteiger partial charge on any atom is -0.394 e. The quantitative estimate of drug-likeness (QED) is 0.517. The lowest BCUT2D eigenvalue weighted by Gasteiger charge is -2.24. The maximum absolute atomic E-state index is 11.0. The van der Waals surface area contributed by atoms with Gasteiger partial charge in [-0.25, -0.2) is 0 Å². The van der Waals surface area contributed by atoms with Gasteiger partial charge in [-0.2, -0.15) is 0 Å². The lowest BCUT2D eigenvalue weighted by Crippen LogP contribution is -2.32. The van der Waals surface area contributed by atoms with Crippen LogP contribution in [-0.2, 0) is 0 Å². The van der Waals surface area contributed by atoms with E-state index >= 15 is 0 Å². The zero-order valence-electron chi connectivity index (χ0n) is 9.17. The lowest BCUT2D eigenvalue weighted by molar-refractivity contribution is -0.384. The molecule has 1 aliphatic rings. The molecule has 92 valence electrons. The molecule has 0 bridgehead atoms. The van der Waals surface area contributed by atoms with E-state index in [0.29, 0.717) is 5.69 Å². The van der Waals surface area contributed by atoms with Gasteiger partial charge in [-0.05, 0) is 47.6 Å². The highest BCUT2D eigenvalue weighted by atomic mass is 127. The van der Waals surface area contributed by atoms with Crippen molar-refractivity contribution in [1.29, 1.82) is 0 Å². The Labute approximate surface area is 113 Å².